The van der Waals surface area contributed by atoms with Crippen molar-refractivity contribution >= 4 is 25.8 Å². The molecule has 2 rings (SSSR count). The van der Waals surface area contributed by atoms with Crippen molar-refractivity contribution in [1.29, 1.82) is 0 Å². The van der Waals surface area contributed by atoms with Gasteiger partial charge in [-0.05, 0) is 43.0 Å². The number of hydrogen-bond donors (Lipinski definition) is 1. The molecule has 0 bridgehead atoms. The van der Waals surface area contributed by atoms with Crippen molar-refractivity contribution < 1.29 is 13.5 Å². The van der Waals surface area contributed by atoms with E-state index in [0.717, 1.165) is 4.47 Å². The van der Waals surface area contributed by atoms with Crippen molar-refractivity contribution in [2.24, 2.45) is 5.92 Å². The van der Waals surface area contributed by atoms with Crippen LogP contribution in [0.4, 0.5) is 0 Å². The maximum atomic E-state index is 12.0. The monoisotopic (exact) mass is 304 g/mol. The highest BCUT2D eigenvalue weighted by atomic mass is 79.9. The van der Waals surface area contributed by atoms with Crippen LogP contribution in [0, 0.1) is 5.92 Å². The van der Waals surface area contributed by atoms with Gasteiger partial charge in [-0.2, -0.15) is 0 Å². The van der Waals surface area contributed by atoms with E-state index >= 15 is 0 Å². The summed E-state index contributed by atoms with van der Waals surface area (Å²) in [5, 5.41) is 9.12. The van der Waals surface area contributed by atoms with E-state index in [1.54, 1.807) is 24.3 Å². The van der Waals surface area contributed by atoms with Crippen LogP contribution in [0.1, 0.15) is 12.8 Å². The van der Waals surface area contributed by atoms with Gasteiger partial charge in [0.1, 0.15) is 0 Å². The predicted molar refractivity (Wildman–Crippen MR) is 64.9 cm³/mol. The summed E-state index contributed by atoms with van der Waals surface area (Å²) in [7, 11) is -3.19. The minimum Gasteiger partial charge on any atom is -0.393 e. The summed E-state index contributed by atoms with van der Waals surface area (Å²) in [6.07, 6.45) is 0.913. The molecule has 0 spiro atoms. The Morgan fingerprint density at radius 3 is 2.31 bits per heavy atom. The molecule has 5 heteroatoms. The lowest BCUT2D eigenvalue weighted by Crippen LogP contribution is -2.33. The normalized spacial score (nSPS) is 25.1. The van der Waals surface area contributed by atoms with Crippen LogP contribution in [0.25, 0.3) is 0 Å². The minimum atomic E-state index is -3.19. The summed E-state index contributed by atoms with van der Waals surface area (Å²) in [5.41, 5.74) is 0. The van der Waals surface area contributed by atoms with Crippen LogP contribution in [0.15, 0.2) is 33.6 Å². The highest BCUT2D eigenvalue weighted by Gasteiger charge is 2.31. The largest absolute Gasteiger partial charge is 0.393 e. The maximum Gasteiger partial charge on any atom is 0.178 e. The summed E-state index contributed by atoms with van der Waals surface area (Å²) in [6, 6.07) is 6.66. The number of hydrogen-bond acceptors (Lipinski definition) is 3. The van der Waals surface area contributed by atoms with E-state index < -0.39 is 9.84 Å². The highest BCUT2D eigenvalue weighted by Crippen LogP contribution is 2.30. The van der Waals surface area contributed by atoms with Crippen molar-refractivity contribution in [1.82, 2.24) is 0 Å². The lowest BCUT2D eigenvalue weighted by atomic mass is 9.84. The Morgan fingerprint density at radius 1 is 1.25 bits per heavy atom. The Balaban J connectivity index is 2.10. The fraction of sp³-hybridized carbons (Fsp3) is 0.455. The van der Waals surface area contributed by atoms with Crippen LogP contribution < -0.4 is 0 Å². The first-order valence-electron chi connectivity index (χ1n) is 5.14. The van der Waals surface area contributed by atoms with Crippen LogP contribution in [0.3, 0.4) is 0 Å². The molecule has 1 fully saturated rings. The number of halogens is 1. The Labute approximate surface area is 104 Å². The summed E-state index contributed by atoms with van der Waals surface area (Å²) in [6.45, 7) is 0. The van der Waals surface area contributed by atoms with E-state index in [9.17, 15) is 8.42 Å². The van der Waals surface area contributed by atoms with Gasteiger partial charge in [0.25, 0.3) is 0 Å². The first-order valence-corrected chi connectivity index (χ1v) is 7.58. The molecule has 0 radical (unpaired) electrons. The lowest BCUT2D eigenvalue weighted by molar-refractivity contribution is 0.0526. The van der Waals surface area contributed by atoms with E-state index in [1.807, 2.05) is 0 Å². The summed E-state index contributed by atoms with van der Waals surface area (Å²) in [4.78, 5) is 0.358. The average Bonchev–Trinajstić information content (AvgIpc) is 2.15. The Bertz CT molecular complexity index is 461. The third-order valence-electron chi connectivity index (χ3n) is 2.84. The Kier molecular flexibility index (Phi) is 3.37. The molecule has 0 amide bonds. The molecule has 16 heavy (non-hydrogen) atoms. The number of aliphatic hydroxyl groups is 1. The molecule has 0 aromatic heterocycles. The molecule has 1 saturated carbocycles. The van der Waals surface area contributed by atoms with E-state index in [0.29, 0.717) is 17.7 Å². The van der Waals surface area contributed by atoms with Gasteiger partial charge in [-0.1, -0.05) is 15.9 Å². The van der Waals surface area contributed by atoms with Gasteiger partial charge in [-0.15, -0.1) is 0 Å². The van der Waals surface area contributed by atoms with Crippen LogP contribution in [0.5, 0.6) is 0 Å². The van der Waals surface area contributed by atoms with Gasteiger partial charge in [0, 0.05) is 4.47 Å². The number of rotatable bonds is 3. The molecule has 0 aliphatic heterocycles. The second-order valence-corrected chi connectivity index (χ2v) is 7.18. The van der Waals surface area contributed by atoms with E-state index in [-0.39, 0.29) is 17.8 Å². The first kappa shape index (κ1) is 12.1. The van der Waals surface area contributed by atoms with Gasteiger partial charge in [-0.3, -0.25) is 0 Å². The Hall–Kier alpha value is -0.390. The number of benzene rings is 1. The van der Waals surface area contributed by atoms with Crippen LogP contribution in [0.2, 0.25) is 0 Å². The fourth-order valence-electron chi connectivity index (χ4n) is 1.89. The topological polar surface area (TPSA) is 54.4 Å². The van der Waals surface area contributed by atoms with Gasteiger partial charge in [0.05, 0.1) is 16.8 Å². The van der Waals surface area contributed by atoms with Gasteiger partial charge in [0.2, 0.25) is 0 Å². The van der Waals surface area contributed by atoms with Gasteiger partial charge < -0.3 is 5.11 Å². The van der Waals surface area contributed by atoms with E-state index in [1.165, 1.54) is 0 Å². The molecule has 1 aromatic carbocycles. The zero-order valence-corrected chi connectivity index (χ0v) is 11.0. The van der Waals surface area contributed by atoms with Crippen molar-refractivity contribution in [3.8, 4) is 0 Å². The number of aliphatic hydroxyl groups excluding tert-OH is 1. The molecule has 0 saturated heterocycles. The molecule has 1 aliphatic carbocycles. The van der Waals surface area contributed by atoms with E-state index in [4.69, 9.17) is 5.11 Å². The van der Waals surface area contributed by atoms with Crippen LogP contribution in [-0.4, -0.2) is 25.4 Å². The third kappa shape index (κ3) is 2.64. The van der Waals surface area contributed by atoms with Crippen molar-refractivity contribution in [3.05, 3.63) is 28.7 Å². The molecular formula is C11H13BrO3S. The predicted octanol–water partition coefficient (Wildman–Crippen LogP) is 1.99. The van der Waals surface area contributed by atoms with Crippen LogP contribution in [-0.2, 0) is 9.84 Å². The second kappa shape index (κ2) is 4.47. The van der Waals surface area contributed by atoms with Crippen molar-refractivity contribution in [2.75, 3.05) is 5.75 Å². The third-order valence-corrected chi connectivity index (χ3v) is 5.27. The smallest absolute Gasteiger partial charge is 0.178 e. The average molecular weight is 305 g/mol. The zero-order chi connectivity index (χ0) is 11.8. The standard InChI is InChI=1S/C11H13BrO3S/c12-9-1-3-11(4-2-9)16(14,15)7-8-5-10(13)6-8/h1-4,8,10,13H,5-7H2. The molecule has 1 N–H and O–H groups in total. The van der Waals surface area contributed by atoms with Crippen molar-refractivity contribution in [2.45, 2.75) is 23.8 Å². The summed E-state index contributed by atoms with van der Waals surface area (Å²) in [5.74, 6) is 0.259. The lowest BCUT2D eigenvalue weighted by Gasteiger charge is -2.30. The molecular weight excluding hydrogens is 292 g/mol. The summed E-state index contributed by atoms with van der Waals surface area (Å²) < 4.78 is 24.8. The molecule has 88 valence electrons. The maximum absolute atomic E-state index is 12.0. The number of sulfone groups is 1. The molecule has 0 unspecified atom stereocenters. The van der Waals surface area contributed by atoms with E-state index in [2.05, 4.69) is 15.9 Å². The summed E-state index contributed by atoms with van der Waals surface area (Å²) >= 11 is 3.27. The van der Waals surface area contributed by atoms with Gasteiger partial charge in [-0.25, -0.2) is 8.42 Å². The molecule has 1 aromatic rings. The van der Waals surface area contributed by atoms with Crippen LogP contribution >= 0.6 is 15.9 Å². The zero-order valence-electron chi connectivity index (χ0n) is 8.64. The van der Waals surface area contributed by atoms with Gasteiger partial charge >= 0.3 is 0 Å². The SMILES string of the molecule is O=S(=O)(CC1CC(O)C1)c1ccc(Br)cc1. The molecule has 0 atom stereocenters. The van der Waals surface area contributed by atoms with Crippen molar-refractivity contribution in [3.63, 3.8) is 0 Å². The molecule has 1 aliphatic rings. The molecule has 0 heterocycles. The molecule has 3 nitrogen and oxygen atoms in total. The quantitative estimate of drug-likeness (QED) is 0.929. The second-order valence-electron chi connectivity index (χ2n) is 4.23. The van der Waals surface area contributed by atoms with Gasteiger partial charge in [0.15, 0.2) is 9.84 Å². The fourth-order valence-corrected chi connectivity index (χ4v) is 3.79. The Morgan fingerprint density at radius 2 is 1.81 bits per heavy atom. The first-order chi connectivity index (χ1) is 7.47. The minimum absolute atomic E-state index is 0.114. The highest BCUT2D eigenvalue weighted by molar-refractivity contribution is 9.10.